The summed E-state index contributed by atoms with van der Waals surface area (Å²) in [5.74, 6) is -0.618. The number of alkyl halides is 3. The van der Waals surface area contributed by atoms with Gasteiger partial charge in [0, 0.05) is 18.0 Å². The van der Waals surface area contributed by atoms with Crippen LogP contribution in [0.4, 0.5) is 13.2 Å². The van der Waals surface area contributed by atoms with Crippen molar-refractivity contribution in [1.82, 2.24) is 10.3 Å². The molecule has 5 nitrogen and oxygen atoms in total. The predicted octanol–water partition coefficient (Wildman–Crippen LogP) is 1.35. The number of nitrogens with one attached hydrogen (secondary N) is 1. The number of hydrogen-bond donors (Lipinski definition) is 3. The lowest BCUT2D eigenvalue weighted by Gasteiger charge is -2.24. The van der Waals surface area contributed by atoms with Crippen molar-refractivity contribution in [2.24, 2.45) is 5.73 Å². The van der Waals surface area contributed by atoms with Crippen molar-refractivity contribution in [3.05, 3.63) is 16.6 Å². The van der Waals surface area contributed by atoms with Crippen LogP contribution in [0.2, 0.25) is 0 Å². The Hall–Kier alpha value is -1.19. The molecular formula is C11H16F3N3O2S. The van der Waals surface area contributed by atoms with E-state index in [1.807, 2.05) is 0 Å². The molecule has 1 amide bonds. The molecule has 1 rings (SSSR count). The van der Waals surface area contributed by atoms with Crippen molar-refractivity contribution in [2.75, 3.05) is 0 Å². The number of nitrogens with zero attached hydrogens (tertiary/aromatic N) is 1. The topological polar surface area (TPSA) is 88.2 Å². The second kappa shape index (κ2) is 7.00. The summed E-state index contributed by atoms with van der Waals surface area (Å²) in [6.07, 6.45) is -5.78. The SMILES string of the molecule is C[C@H](N)C(=O)N[C@@H](CCC(F)(F)F)C(O)c1nccs1. The number of amides is 1. The first-order valence-electron chi connectivity index (χ1n) is 5.91. The van der Waals surface area contributed by atoms with Crippen molar-refractivity contribution < 1.29 is 23.1 Å². The Morgan fingerprint density at radius 1 is 1.60 bits per heavy atom. The van der Waals surface area contributed by atoms with E-state index in [4.69, 9.17) is 5.73 Å². The molecule has 1 aromatic rings. The van der Waals surface area contributed by atoms with Crippen molar-refractivity contribution in [3.63, 3.8) is 0 Å². The maximum absolute atomic E-state index is 12.3. The average molecular weight is 311 g/mol. The molecule has 0 spiro atoms. The molecule has 0 fully saturated rings. The maximum Gasteiger partial charge on any atom is 0.389 e. The second-order valence-electron chi connectivity index (χ2n) is 4.37. The van der Waals surface area contributed by atoms with Gasteiger partial charge >= 0.3 is 6.18 Å². The minimum atomic E-state index is -4.36. The number of carbonyl (C=O) groups excluding carboxylic acids is 1. The van der Waals surface area contributed by atoms with E-state index in [2.05, 4.69) is 10.3 Å². The van der Waals surface area contributed by atoms with Crippen molar-refractivity contribution in [1.29, 1.82) is 0 Å². The van der Waals surface area contributed by atoms with E-state index < -0.39 is 43.1 Å². The van der Waals surface area contributed by atoms with E-state index in [-0.39, 0.29) is 5.01 Å². The standard InChI is InChI=1S/C11H16F3N3O2S/c1-6(15)9(19)17-7(2-3-11(12,13)14)8(18)10-16-4-5-20-10/h4-8,18H,2-3,15H2,1H3,(H,17,19)/t6-,7-,8?/m0/s1. The summed E-state index contributed by atoms with van der Waals surface area (Å²) >= 11 is 1.10. The smallest absolute Gasteiger partial charge is 0.384 e. The molecule has 0 saturated carbocycles. The minimum absolute atomic E-state index is 0.252. The van der Waals surface area contributed by atoms with Gasteiger partial charge in [0.25, 0.3) is 0 Å². The average Bonchev–Trinajstić information content (AvgIpc) is 2.85. The first-order valence-corrected chi connectivity index (χ1v) is 6.79. The molecule has 0 bridgehead atoms. The Bertz CT molecular complexity index is 423. The van der Waals surface area contributed by atoms with Crippen LogP contribution in [0.15, 0.2) is 11.6 Å². The molecule has 3 atom stereocenters. The van der Waals surface area contributed by atoms with Gasteiger partial charge in [0.1, 0.15) is 11.1 Å². The van der Waals surface area contributed by atoms with Crippen LogP contribution in [0.3, 0.4) is 0 Å². The zero-order valence-corrected chi connectivity index (χ0v) is 11.5. The predicted molar refractivity (Wildman–Crippen MR) is 67.9 cm³/mol. The second-order valence-corrected chi connectivity index (χ2v) is 5.30. The van der Waals surface area contributed by atoms with Crippen molar-refractivity contribution in [2.45, 2.75) is 44.1 Å². The van der Waals surface area contributed by atoms with Gasteiger partial charge in [-0.25, -0.2) is 4.98 Å². The number of aliphatic hydroxyl groups excluding tert-OH is 1. The van der Waals surface area contributed by atoms with Gasteiger partial charge < -0.3 is 16.2 Å². The highest BCUT2D eigenvalue weighted by molar-refractivity contribution is 7.09. The van der Waals surface area contributed by atoms with Crippen LogP contribution in [0.1, 0.15) is 30.9 Å². The molecule has 1 aromatic heterocycles. The number of aromatic nitrogens is 1. The Morgan fingerprint density at radius 3 is 2.70 bits per heavy atom. The van der Waals surface area contributed by atoms with Gasteiger partial charge in [0.2, 0.25) is 5.91 Å². The number of halogens is 3. The van der Waals surface area contributed by atoms with Crippen molar-refractivity contribution >= 4 is 17.2 Å². The largest absolute Gasteiger partial charge is 0.389 e. The number of carbonyl (C=O) groups is 1. The molecule has 9 heteroatoms. The summed E-state index contributed by atoms with van der Waals surface area (Å²) < 4.78 is 36.9. The number of hydrogen-bond acceptors (Lipinski definition) is 5. The van der Waals surface area contributed by atoms with Gasteiger partial charge in [0.05, 0.1) is 12.1 Å². The van der Waals surface area contributed by atoms with E-state index in [9.17, 15) is 23.1 Å². The lowest BCUT2D eigenvalue weighted by Crippen LogP contribution is -2.46. The fraction of sp³-hybridized carbons (Fsp3) is 0.636. The molecule has 0 aliphatic heterocycles. The van der Waals surface area contributed by atoms with Crippen LogP contribution >= 0.6 is 11.3 Å². The highest BCUT2D eigenvalue weighted by atomic mass is 32.1. The monoisotopic (exact) mass is 311 g/mol. The summed E-state index contributed by atoms with van der Waals surface area (Å²) in [7, 11) is 0. The number of nitrogens with two attached hydrogens (primary N) is 1. The highest BCUT2D eigenvalue weighted by Crippen LogP contribution is 2.27. The molecule has 4 N–H and O–H groups in total. The fourth-order valence-electron chi connectivity index (χ4n) is 1.49. The van der Waals surface area contributed by atoms with Gasteiger partial charge in [-0.3, -0.25) is 4.79 Å². The normalized spacial score (nSPS) is 16.5. The molecule has 0 aliphatic rings. The Balaban J connectivity index is 2.75. The van der Waals surface area contributed by atoms with Crippen LogP contribution < -0.4 is 11.1 Å². The van der Waals surface area contributed by atoms with Crippen LogP contribution in [0.25, 0.3) is 0 Å². The number of thiazole rings is 1. The first kappa shape index (κ1) is 16.9. The fourth-order valence-corrected chi connectivity index (χ4v) is 2.18. The lowest BCUT2D eigenvalue weighted by atomic mass is 10.0. The van der Waals surface area contributed by atoms with Crippen LogP contribution in [0, 0.1) is 0 Å². The molecule has 1 unspecified atom stereocenters. The molecule has 0 aromatic carbocycles. The summed E-state index contributed by atoms with van der Waals surface area (Å²) in [6, 6.07) is -1.95. The molecular weight excluding hydrogens is 295 g/mol. The molecule has 114 valence electrons. The summed E-state index contributed by atoms with van der Waals surface area (Å²) in [5.41, 5.74) is 5.36. The van der Waals surface area contributed by atoms with Crippen LogP contribution in [-0.2, 0) is 4.79 Å². The van der Waals surface area contributed by atoms with Gasteiger partial charge in [-0.05, 0) is 13.3 Å². The molecule has 0 radical (unpaired) electrons. The quantitative estimate of drug-likeness (QED) is 0.740. The molecule has 1 heterocycles. The summed E-state index contributed by atoms with van der Waals surface area (Å²) in [5, 5.41) is 14.2. The third-order valence-electron chi connectivity index (χ3n) is 2.57. The van der Waals surface area contributed by atoms with Gasteiger partial charge in [-0.1, -0.05) is 0 Å². The number of rotatable bonds is 6. The van der Waals surface area contributed by atoms with E-state index >= 15 is 0 Å². The van der Waals surface area contributed by atoms with Crippen LogP contribution in [0.5, 0.6) is 0 Å². The maximum atomic E-state index is 12.3. The number of aliphatic hydroxyl groups is 1. The van der Waals surface area contributed by atoms with E-state index in [1.54, 1.807) is 5.38 Å². The summed E-state index contributed by atoms with van der Waals surface area (Å²) in [4.78, 5) is 15.3. The lowest BCUT2D eigenvalue weighted by molar-refractivity contribution is -0.140. The van der Waals surface area contributed by atoms with Gasteiger partial charge in [0.15, 0.2) is 0 Å². The Labute approximate surface area is 118 Å². The molecule has 0 saturated heterocycles. The zero-order chi connectivity index (χ0) is 15.3. The van der Waals surface area contributed by atoms with E-state index in [0.717, 1.165) is 11.3 Å². The molecule has 0 aliphatic carbocycles. The van der Waals surface area contributed by atoms with Crippen LogP contribution in [-0.4, -0.2) is 34.3 Å². The Kier molecular flexibility index (Phi) is 5.90. The third-order valence-corrected chi connectivity index (χ3v) is 3.41. The summed E-state index contributed by atoms with van der Waals surface area (Å²) in [6.45, 7) is 1.41. The van der Waals surface area contributed by atoms with E-state index in [1.165, 1.54) is 13.1 Å². The van der Waals surface area contributed by atoms with Gasteiger partial charge in [-0.2, -0.15) is 13.2 Å². The first-order chi connectivity index (χ1) is 9.20. The highest BCUT2D eigenvalue weighted by Gasteiger charge is 2.32. The third kappa shape index (κ3) is 5.43. The van der Waals surface area contributed by atoms with Crippen molar-refractivity contribution in [3.8, 4) is 0 Å². The van der Waals surface area contributed by atoms with Gasteiger partial charge in [-0.15, -0.1) is 11.3 Å². The van der Waals surface area contributed by atoms with E-state index in [0.29, 0.717) is 0 Å². The minimum Gasteiger partial charge on any atom is -0.384 e. The zero-order valence-electron chi connectivity index (χ0n) is 10.7. The Morgan fingerprint density at radius 2 is 2.25 bits per heavy atom. The molecule has 20 heavy (non-hydrogen) atoms.